The minimum Gasteiger partial charge on any atom is -0.469 e. The fraction of sp³-hybridized carbons (Fsp3) is 0.200. The lowest BCUT2D eigenvalue weighted by Gasteiger charge is -2.06. The second-order valence-corrected chi connectivity index (χ2v) is 5.21. The Morgan fingerprint density at radius 1 is 1.19 bits per heavy atom. The van der Waals surface area contributed by atoms with Crippen LogP contribution in [0, 0.1) is 0 Å². The Balaban J connectivity index is 1.68. The van der Waals surface area contributed by atoms with Crippen LogP contribution in [0.5, 0.6) is 0 Å². The van der Waals surface area contributed by atoms with E-state index in [-0.39, 0.29) is 18.9 Å². The molecule has 1 aromatic heterocycles. The standard InChI is InChI=1S/C15H14BrNO4/c16-11-3-5-12(6-4-11)17-14(18)10-21-15(19)8-7-13-2-1-9-20-13/h1-6,9H,7-8,10H2,(H,17,18). The van der Waals surface area contributed by atoms with Gasteiger partial charge in [-0.1, -0.05) is 15.9 Å². The van der Waals surface area contributed by atoms with E-state index in [1.54, 1.807) is 30.5 Å². The summed E-state index contributed by atoms with van der Waals surface area (Å²) in [6.07, 6.45) is 2.19. The Kier molecular flexibility index (Phi) is 5.57. The summed E-state index contributed by atoms with van der Waals surface area (Å²) in [6, 6.07) is 10.7. The second-order valence-electron chi connectivity index (χ2n) is 4.30. The predicted molar refractivity (Wildman–Crippen MR) is 80.8 cm³/mol. The zero-order chi connectivity index (χ0) is 15.1. The Morgan fingerprint density at radius 3 is 2.62 bits per heavy atom. The van der Waals surface area contributed by atoms with Crippen LogP contribution >= 0.6 is 15.9 Å². The average Bonchev–Trinajstić information content (AvgIpc) is 2.99. The van der Waals surface area contributed by atoms with Gasteiger partial charge in [0.25, 0.3) is 5.91 Å². The summed E-state index contributed by atoms with van der Waals surface area (Å²) in [5, 5.41) is 2.64. The highest BCUT2D eigenvalue weighted by Crippen LogP contribution is 2.13. The van der Waals surface area contributed by atoms with Gasteiger partial charge in [0.2, 0.25) is 0 Å². The molecule has 0 fully saturated rings. The van der Waals surface area contributed by atoms with Crippen LogP contribution in [0.15, 0.2) is 51.6 Å². The van der Waals surface area contributed by atoms with E-state index >= 15 is 0 Å². The number of nitrogens with one attached hydrogen (secondary N) is 1. The number of benzene rings is 1. The third-order valence-corrected chi connectivity index (χ3v) is 3.18. The topological polar surface area (TPSA) is 68.5 Å². The van der Waals surface area contributed by atoms with Gasteiger partial charge in [0.05, 0.1) is 12.7 Å². The fourth-order valence-electron chi connectivity index (χ4n) is 1.63. The van der Waals surface area contributed by atoms with Crippen LogP contribution in [0.2, 0.25) is 0 Å². The zero-order valence-corrected chi connectivity index (χ0v) is 12.8. The third kappa shape index (κ3) is 5.43. The van der Waals surface area contributed by atoms with Gasteiger partial charge in [0, 0.05) is 16.6 Å². The molecular weight excluding hydrogens is 338 g/mol. The van der Waals surface area contributed by atoms with E-state index in [2.05, 4.69) is 21.2 Å². The van der Waals surface area contributed by atoms with Gasteiger partial charge >= 0.3 is 5.97 Å². The lowest BCUT2D eigenvalue weighted by Crippen LogP contribution is -2.20. The van der Waals surface area contributed by atoms with Crippen molar-refractivity contribution < 1.29 is 18.7 Å². The SMILES string of the molecule is O=C(COC(=O)CCc1ccco1)Nc1ccc(Br)cc1. The van der Waals surface area contributed by atoms with Gasteiger partial charge in [-0.2, -0.15) is 0 Å². The number of furan rings is 1. The van der Waals surface area contributed by atoms with Crippen molar-refractivity contribution in [3.8, 4) is 0 Å². The fourth-order valence-corrected chi connectivity index (χ4v) is 1.89. The summed E-state index contributed by atoms with van der Waals surface area (Å²) in [4.78, 5) is 23.1. The first kappa shape index (κ1) is 15.3. The second kappa shape index (κ2) is 7.64. The number of carbonyl (C=O) groups is 2. The molecule has 21 heavy (non-hydrogen) atoms. The minimum absolute atomic E-state index is 0.180. The van der Waals surface area contributed by atoms with Crippen LogP contribution in [0.1, 0.15) is 12.2 Å². The van der Waals surface area contributed by atoms with Crippen LogP contribution in [0.4, 0.5) is 5.69 Å². The highest BCUT2D eigenvalue weighted by Gasteiger charge is 2.09. The summed E-state index contributed by atoms with van der Waals surface area (Å²) in [5.74, 6) is -0.0905. The number of hydrogen-bond acceptors (Lipinski definition) is 4. The highest BCUT2D eigenvalue weighted by atomic mass is 79.9. The molecule has 0 atom stereocenters. The third-order valence-electron chi connectivity index (χ3n) is 2.65. The molecule has 0 unspecified atom stereocenters. The van der Waals surface area contributed by atoms with Crippen molar-refractivity contribution in [1.29, 1.82) is 0 Å². The van der Waals surface area contributed by atoms with E-state index < -0.39 is 5.97 Å². The molecule has 1 heterocycles. The zero-order valence-electron chi connectivity index (χ0n) is 11.2. The molecule has 0 aliphatic heterocycles. The van der Waals surface area contributed by atoms with Gasteiger partial charge in [0.1, 0.15) is 5.76 Å². The maximum atomic E-state index is 11.6. The molecule has 0 spiro atoms. The molecule has 1 amide bonds. The molecule has 0 radical (unpaired) electrons. The van der Waals surface area contributed by atoms with Crippen LogP contribution in [0.25, 0.3) is 0 Å². The lowest BCUT2D eigenvalue weighted by molar-refractivity contribution is -0.147. The molecule has 2 aromatic rings. The molecule has 6 heteroatoms. The normalized spacial score (nSPS) is 10.1. The van der Waals surface area contributed by atoms with Crippen molar-refractivity contribution in [1.82, 2.24) is 0 Å². The van der Waals surface area contributed by atoms with Crippen LogP contribution in [-0.2, 0) is 20.7 Å². The van der Waals surface area contributed by atoms with Gasteiger partial charge in [-0.15, -0.1) is 0 Å². The van der Waals surface area contributed by atoms with E-state index in [9.17, 15) is 9.59 Å². The van der Waals surface area contributed by atoms with Gasteiger partial charge in [-0.3, -0.25) is 9.59 Å². The number of amides is 1. The molecule has 0 aliphatic carbocycles. The summed E-state index contributed by atoms with van der Waals surface area (Å²) in [6.45, 7) is -0.299. The van der Waals surface area contributed by atoms with Gasteiger partial charge < -0.3 is 14.5 Å². The van der Waals surface area contributed by atoms with E-state index in [4.69, 9.17) is 9.15 Å². The molecule has 2 rings (SSSR count). The summed E-state index contributed by atoms with van der Waals surface area (Å²) in [5.41, 5.74) is 0.648. The Morgan fingerprint density at radius 2 is 1.95 bits per heavy atom. The van der Waals surface area contributed by atoms with Crippen molar-refractivity contribution in [3.05, 3.63) is 52.9 Å². The molecule has 5 nitrogen and oxygen atoms in total. The van der Waals surface area contributed by atoms with E-state index in [0.29, 0.717) is 17.9 Å². The van der Waals surface area contributed by atoms with Crippen LogP contribution < -0.4 is 5.32 Å². The van der Waals surface area contributed by atoms with E-state index in [0.717, 1.165) is 4.47 Å². The van der Waals surface area contributed by atoms with E-state index in [1.165, 1.54) is 0 Å². The van der Waals surface area contributed by atoms with Crippen molar-refractivity contribution in [2.75, 3.05) is 11.9 Å². The number of esters is 1. The Bertz CT molecular complexity index is 593. The first-order valence-corrected chi connectivity index (χ1v) is 7.16. The Labute approximate surface area is 130 Å². The number of aryl methyl sites for hydroxylation is 1. The number of halogens is 1. The van der Waals surface area contributed by atoms with Gasteiger partial charge in [-0.05, 0) is 36.4 Å². The summed E-state index contributed by atoms with van der Waals surface area (Å²) in [7, 11) is 0. The highest BCUT2D eigenvalue weighted by molar-refractivity contribution is 9.10. The van der Waals surface area contributed by atoms with Crippen molar-refractivity contribution in [2.24, 2.45) is 0 Å². The Hall–Kier alpha value is -2.08. The number of anilines is 1. The average molecular weight is 352 g/mol. The number of carbonyl (C=O) groups excluding carboxylic acids is 2. The quantitative estimate of drug-likeness (QED) is 0.811. The molecule has 1 aromatic carbocycles. The van der Waals surface area contributed by atoms with Crippen LogP contribution in [0.3, 0.4) is 0 Å². The molecule has 0 saturated heterocycles. The summed E-state index contributed by atoms with van der Waals surface area (Å²) < 4.78 is 10.9. The molecule has 0 saturated carbocycles. The van der Waals surface area contributed by atoms with Crippen LogP contribution in [-0.4, -0.2) is 18.5 Å². The maximum Gasteiger partial charge on any atom is 0.306 e. The predicted octanol–water partition coefficient (Wildman–Crippen LogP) is 3.16. The van der Waals surface area contributed by atoms with Gasteiger partial charge in [0.15, 0.2) is 6.61 Å². The molecule has 0 aliphatic rings. The van der Waals surface area contributed by atoms with Gasteiger partial charge in [-0.25, -0.2) is 0 Å². The van der Waals surface area contributed by atoms with Crippen molar-refractivity contribution >= 4 is 33.5 Å². The largest absolute Gasteiger partial charge is 0.469 e. The molecule has 110 valence electrons. The number of rotatable bonds is 6. The number of ether oxygens (including phenoxy) is 1. The molecule has 0 bridgehead atoms. The first-order valence-electron chi connectivity index (χ1n) is 6.37. The smallest absolute Gasteiger partial charge is 0.306 e. The minimum atomic E-state index is -0.433. The number of hydrogen-bond donors (Lipinski definition) is 1. The maximum absolute atomic E-state index is 11.6. The molecule has 1 N–H and O–H groups in total. The summed E-state index contributed by atoms with van der Waals surface area (Å²) >= 11 is 3.31. The van der Waals surface area contributed by atoms with Crippen molar-refractivity contribution in [3.63, 3.8) is 0 Å². The lowest BCUT2D eigenvalue weighted by atomic mass is 10.2. The van der Waals surface area contributed by atoms with E-state index in [1.807, 2.05) is 12.1 Å². The first-order chi connectivity index (χ1) is 10.1. The monoisotopic (exact) mass is 351 g/mol. The van der Waals surface area contributed by atoms with Crippen molar-refractivity contribution in [2.45, 2.75) is 12.8 Å². The molecular formula is C15H14BrNO4.